The number of benzene rings is 2. The summed E-state index contributed by atoms with van der Waals surface area (Å²) >= 11 is 1.62. The molecule has 6 atom stereocenters. The summed E-state index contributed by atoms with van der Waals surface area (Å²) < 4.78 is 9.58. The minimum atomic E-state index is -0.698. The van der Waals surface area contributed by atoms with Gasteiger partial charge in [0.15, 0.2) is 0 Å². The third kappa shape index (κ3) is 8.63. The van der Waals surface area contributed by atoms with Gasteiger partial charge in [-0.3, -0.25) is 9.59 Å². The van der Waals surface area contributed by atoms with E-state index in [0.717, 1.165) is 73.2 Å². The number of methoxy groups -OCH3 is 2. The number of nitrogens with zero attached hydrogens (tertiary/aromatic N) is 4. The fourth-order valence-electron chi connectivity index (χ4n) is 8.59. The van der Waals surface area contributed by atoms with Crippen LogP contribution in [0.4, 0.5) is 9.59 Å². The molecule has 60 heavy (non-hydrogen) atoms. The van der Waals surface area contributed by atoms with E-state index in [0.29, 0.717) is 13.1 Å². The number of alkyl carbamates (subject to hydrolysis) is 2. The van der Waals surface area contributed by atoms with Gasteiger partial charge < -0.3 is 39.9 Å². The minimum Gasteiger partial charge on any atom is -0.453 e. The Hall–Kier alpha value is -5.70. The quantitative estimate of drug-likeness (QED) is 0.103. The Bertz CT molecular complexity index is 2330. The van der Waals surface area contributed by atoms with Crippen molar-refractivity contribution in [2.45, 2.75) is 85.5 Å². The maximum absolute atomic E-state index is 13.7. The highest BCUT2D eigenvalue weighted by Crippen LogP contribution is 2.41. The number of ether oxygens (including phenoxy) is 2. The van der Waals surface area contributed by atoms with Crippen molar-refractivity contribution in [2.75, 3.05) is 27.3 Å². The topological polar surface area (TPSA) is 175 Å². The van der Waals surface area contributed by atoms with Crippen LogP contribution in [0, 0.1) is 30.6 Å². The van der Waals surface area contributed by atoms with Crippen LogP contribution in [-0.4, -0.2) is 93.1 Å². The van der Waals surface area contributed by atoms with E-state index in [2.05, 4.69) is 89.9 Å². The molecule has 2 aliphatic rings. The van der Waals surface area contributed by atoms with E-state index in [1.165, 1.54) is 14.2 Å². The highest BCUT2D eigenvalue weighted by atomic mass is 32.1. The molecule has 0 spiro atoms. The predicted octanol–water partition coefficient (Wildman–Crippen LogP) is 8.24. The van der Waals surface area contributed by atoms with E-state index in [-0.39, 0.29) is 47.6 Å². The Morgan fingerprint density at radius 3 is 1.80 bits per heavy atom. The van der Waals surface area contributed by atoms with Crippen molar-refractivity contribution in [1.82, 2.24) is 40.4 Å². The molecule has 4 amide bonds. The molecule has 2 fully saturated rings. The first-order valence-corrected chi connectivity index (χ1v) is 21.5. The van der Waals surface area contributed by atoms with Gasteiger partial charge in [0.25, 0.3) is 0 Å². The van der Waals surface area contributed by atoms with Gasteiger partial charge in [-0.1, -0.05) is 84.0 Å². The van der Waals surface area contributed by atoms with Crippen molar-refractivity contribution in [3.05, 3.63) is 71.9 Å². The monoisotopic (exact) mass is 836 g/mol. The van der Waals surface area contributed by atoms with Crippen LogP contribution < -0.4 is 10.6 Å². The van der Waals surface area contributed by atoms with Gasteiger partial charge in [0.05, 0.1) is 43.7 Å². The third-order valence-corrected chi connectivity index (χ3v) is 12.9. The highest BCUT2D eigenvalue weighted by Gasteiger charge is 2.41. The first kappa shape index (κ1) is 42.4. The van der Waals surface area contributed by atoms with Crippen molar-refractivity contribution >= 4 is 45.7 Å². The SMILES string of the molecule is COC(=O)N[C@H](C(=O)N1C[C@@H](C)C[C@H]1c1ncc(-c2ccc(-c3ccc(-c4cc5[nH]c([C@@H]6C[C@H](C)CN6C(=O)[C@@H](NC(=O)OC)C(C)C)nc5s4)c(C)c3)cc2)[nH]1)C(C)C. The van der Waals surface area contributed by atoms with Crippen molar-refractivity contribution in [1.29, 1.82) is 0 Å². The van der Waals surface area contributed by atoms with Crippen LogP contribution in [0.1, 0.15) is 83.7 Å². The number of carbonyl (C=O) groups excluding carboxylic acids is 4. The summed E-state index contributed by atoms with van der Waals surface area (Å²) in [6.45, 7) is 15.2. The Morgan fingerprint density at radius 2 is 1.28 bits per heavy atom. The lowest BCUT2D eigenvalue weighted by Crippen LogP contribution is -2.51. The van der Waals surface area contributed by atoms with Crippen molar-refractivity contribution < 1.29 is 28.7 Å². The fraction of sp³-hybridized carbons (Fsp3) is 0.467. The average Bonchev–Trinajstić information content (AvgIpc) is 4.07. The fourth-order valence-corrected chi connectivity index (χ4v) is 9.68. The van der Waals surface area contributed by atoms with E-state index >= 15 is 0 Å². The molecule has 4 N–H and O–H groups in total. The van der Waals surface area contributed by atoms with Crippen LogP contribution in [0.2, 0.25) is 0 Å². The maximum Gasteiger partial charge on any atom is 0.407 e. The van der Waals surface area contributed by atoms with Gasteiger partial charge in [-0.05, 0) is 77.3 Å². The van der Waals surface area contributed by atoms with Gasteiger partial charge >= 0.3 is 12.2 Å². The van der Waals surface area contributed by atoms with E-state index < -0.39 is 24.3 Å². The van der Waals surface area contributed by atoms with Crippen LogP contribution in [0.3, 0.4) is 0 Å². The predicted molar refractivity (Wildman–Crippen MR) is 232 cm³/mol. The van der Waals surface area contributed by atoms with Crippen molar-refractivity contribution in [2.24, 2.45) is 23.7 Å². The molecule has 318 valence electrons. The second kappa shape index (κ2) is 17.5. The second-order valence-corrected chi connectivity index (χ2v) is 18.2. The molecule has 2 aromatic carbocycles. The smallest absolute Gasteiger partial charge is 0.407 e. The van der Waals surface area contributed by atoms with Crippen LogP contribution in [0.15, 0.2) is 54.7 Å². The summed E-state index contributed by atoms with van der Waals surface area (Å²) in [4.78, 5) is 73.9. The van der Waals surface area contributed by atoms with E-state index in [9.17, 15) is 19.2 Å². The zero-order chi connectivity index (χ0) is 43.0. The van der Waals surface area contributed by atoms with E-state index in [4.69, 9.17) is 19.4 Å². The molecule has 0 radical (unpaired) electrons. The molecule has 5 heterocycles. The number of hydrogen-bond donors (Lipinski definition) is 4. The van der Waals surface area contributed by atoms with Gasteiger partial charge in [-0.15, -0.1) is 11.3 Å². The number of imidazole rings is 2. The number of nitrogens with one attached hydrogen (secondary N) is 4. The van der Waals surface area contributed by atoms with E-state index in [1.807, 2.05) is 43.7 Å². The molecule has 2 aliphatic heterocycles. The summed E-state index contributed by atoms with van der Waals surface area (Å²) in [5.74, 6) is 1.57. The average molecular weight is 837 g/mol. The molecule has 0 aliphatic carbocycles. The van der Waals surface area contributed by atoms with Gasteiger partial charge in [0.2, 0.25) is 11.8 Å². The molecule has 15 heteroatoms. The second-order valence-electron chi connectivity index (χ2n) is 17.2. The zero-order valence-corrected chi connectivity index (χ0v) is 36.6. The summed E-state index contributed by atoms with van der Waals surface area (Å²) in [7, 11) is 2.59. The van der Waals surface area contributed by atoms with Crippen molar-refractivity contribution in [3.8, 4) is 32.8 Å². The number of amides is 4. The summed E-state index contributed by atoms with van der Waals surface area (Å²) in [5, 5.41) is 5.44. The number of thiophene rings is 1. The number of rotatable bonds is 11. The highest BCUT2D eigenvalue weighted by molar-refractivity contribution is 7.21. The number of fused-ring (bicyclic) bond motifs is 1. The lowest BCUT2D eigenvalue weighted by Gasteiger charge is -2.30. The molecule has 2 saturated heterocycles. The summed E-state index contributed by atoms with van der Waals surface area (Å²) in [6.07, 6.45) is 2.13. The first-order valence-electron chi connectivity index (χ1n) is 20.7. The van der Waals surface area contributed by atoms with Crippen LogP contribution in [0.25, 0.3) is 43.2 Å². The normalized spacial score (nSPS) is 20.2. The number of carbonyl (C=O) groups is 4. The molecule has 0 bridgehead atoms. The Morgan fingerprint density at radius 1 is 0.750 bits per heavy atom. The largest absolute Gasteiger partial charge is 0.453 e. The van der Waals surface area contributed by atoms with Gasteiger partial charge in [-0.2, -0.15) is 0 Å². The number of hydrogen-bond acceptors (Lipinski definition) is 9. The van der Waals surface area contributed by atoms with E-state index in [1.54, 1.807) is 11.3 Å². The molecule has 0 unspecified atom stereocenters. The molecule has 5 aromatic rings. The first-order chi connectivity index (χ1) is 28.6. The summed E-state index contributed by atoms with van der Waals surface area (Å²) in [6, 6.07) is 15.2. The minimum absolute atomic E-state index is 0.108. The van der Waals surface area contributed by atoms with Gasteiger partial charge in [0, 0.05) is 18.0 Å². The molecule has 7 rings (SSSR count). The lowest BCUT2D eigenvalue weighted by atomic mass is 9.98. The molecular formula is C45H56N8O6S. The standard InChI is InChI=1S/C45H56N8O6S/c1-23(2)37(49-44(56)58-8)42(54)52-21-25(5)16-34(52)39-46-20-33(48-39)29-12-10-28(11-13-29)30-14-15-31(27(7)18-30)36-19-32-41(60-36)51-40(47-32)35-17-26(6)22-53(35)43(55)38(24(3)4)50-45(57)59-9/h10-15,18-20,23-26,34-35,37-38H,16-17,21-22H2,1-9H3,(H,46,48)(H,47,51)(H,49,56)(H,50,57)/t25-,26-,34-,35-,37-,38-/m0/s1. The van der Waals surface area contributed by atoms with Crippen molar-refractivity contribution in [3.63, 3.8) is 0 Å². The Labute approximate surface area is 354 Å². The molecule has 3 aromatic heterocycles. The lowest BCUT2D eigenvalue weighted by molar-refractivity contribution is -0.136. The Kier molecular flexibility index (Phi) is 12.4. The maximum atomic E-state index is 13.7. The molecular weight excluding hydrogens is 781 g/mol. The van der Waals surface area contributed by atoms with Crippen LogP contribution >= 0.6 is 11.3 Å². The van der Waals surface area contributed by atoms with Crippen LogP contribution in [-0.2, 0) is 19.1 Å². The number of H-pyrrole nitrogens is 2. The Balaban J connectivity index is 1.04. The third-order valence-electron chi connectivity index (χ3n) is 11.8. The summed E-state index contributed by atoms with van der Waals surface area (Å²) in [5.41, 5.74) is 7.25. The van der Waals surface area contributed by atoms with Gasteiger partial charge in [-0.25, -0.2) is 19.6 Å². The van der Waals surface area contributed by atoms with Crippen LogP contribution in [0.5, 0.6) is 0 Å². The zero-order valence-electron chi connectivity index (χ0n) is 35.8. The number of likely N-dealkylation sites (tertiary alicyclic amines) is 2. The number of aromatic amines is 2. The number of aromatic nitrogens is 4. The van der Waals surface area contributed by atoms with Gasteiger partial charge in [0.1, 0.15) is 28.6 Å². The molecule has 14 nitrogen and oxygen atoms in total. The number of aryl methyl sites for hydroxylation is 1. The molecule has 0 saturated carbocycles.